The summed E-state index contributed by atoms with van der Waals surface area (Å²) in [6.45, 7) is 5.77. The van der Waals surface area contributed by atoms with Gasteiger partial charge in [0, 0.05) is 23.5 Å². The second-order valence-corrected chi connectivity index (χ2v) is 5.60. The zero-order valence-electron chi connectivity index (χ0n) is 12.7. The predicted molar refractivity (Wildman–Crippen MR) is 82.2 cm³/mol. The number of nitrogens with zero attached hydrogens (tertiary/aromatic N) is 1. The number of benzene rings is 1. The van der Waals surface area contributed by atoms with E-state index in [1.165, 1.54) is 0 Å². The van der Waals surface area contributed by atoms with Crippen molar-refractivity contribution in [3.8, 4) is 0 Å². The quantitative estimate of drug-likeness (QED) is 0.806. The second-order valence-electron chi connectivity index (χ2n) is 5.60. The highest BCUT2D eigenvalue weighted by atomic mass is 16.2. The van der Waals surface area contributed by atoms with Gasteiger partial charge in [-0.3, -0.25) is 14.7 Å². The number of fused-ring (bicyclic) bond motifs is 1. The van der Waals surface area contributed by atoms with Crippen LogP contribution in [0.1, 0.15) is 37.7 Å². The number of carbonyl (C=O) groups is 2. The van der Waals surface area contributed by atoms with E-state index in [0.29, 0.717) is 16.8 Å². The van der Waals surface area contributed by atoms with Gasteiger partial charge in [0.1, 0.15) is 0 Å². The van der Waals surface area contributed by atoms with Crippen molar-refractivity contribution in [2.24, 2.45) is 5.41 Å². The Morgan fingerprint density at radius 3 is 2.67 bits per heavy atom. The monoisotopic (exact) mass is 288 g/mol. The normalized spacial score (nSPS) is 11.4. The molecule has 0 radical (unpaired) electrons. The summed E-state index contributed by atoms with van der Waals surface area (Å²) in [7, 11) is 1.55. The third-order valence-corrected chi connectivity index (χ3v) is 3.76. The van der Waals surface area contributed by atoms with Crippen molar-refractivity contribution in [1.29, 1.82) is 0 Å². The molecule has 2 rings (SSSR count). The van der Waals surface area contributed by atoms with Crippen LogP contribution in [0.4, 0.5) is 5.69 Å². The van der Waals surface area contributed by atoms with E-state index < -0.39 is 5.41 Å². The average Bonchev–Trinajstić information content (AvgIpc) is 2.89. The topological polar surface area (TPSA) is 86.9 Å². The van der Waals surface area contributed by atoms with Crippen molar-refractivity contribution in [3.63, 3.8) is 0 Å². The molecule has 0 aliphatic heterocycles. The van der Waals surface area contributed by atoms with Gasteiger partial charge in [0.15, 0.2) is 5.69 Å². The van der Waals surface area contributed by atoms with Crippen molar-refractivity contribution < 1.29 is 9.59 Å². The maximum atomic E-state index is 12.2. The van der Waals surface area contributed by atoms with Gasteiger partial charge in [-0.2, -0.15) is 5.10 Å². The minimum Gasteiger partial charge on any atom is -0.354 e. The largest absolute Gasteiger partial charge is 0.354 e. The number of rotatable bonds is 4. The SMILES string of the molecule is CCC(C)(C)C(=O)Nc1ccc2[nH]nc(C(=O)NC)c2c1. The van der Waals surface area contributed by atoms with Crippen LogP contribution in [-0.4, -0.2) is 29.1 Å². The van der Waals surface area contributed by atoms with Gasteiger partial charge >= 0.3 is 0 Å². The number of amides is 2. The van der Waals surface area contributed by atoms with Crippen LogP contribution in [0, 0.1) is 5.41 Å². The van der Waals surface area contributed by atoms with Gasteiger partial charge in [-0.05, 0) is 24.6 Å². The summed E-state index contributed by atoms with van der Waals surface area (Å²) in [6, 6.07) is 5.34. The summed E-state index contributed by atoms with van der Waals surface area (Å²) in [5.41, 5.74) is 1.29. The van der Waals surface area contributed by atoms with Gasteiger partial charge in [-0.1, -0.05) is 20.8 Å². The lowest BCUT2D eigenvalue weighted by Crippen LogP contribution is -2.29. The molecule has 0 bridgehead atoms. The fourth-order valence-corrected chi connectivity index (χ4v) is 1.84. The maximum absolute atomic E-state index is 12.2. The summed E-state index contributed by atoms with van der Waals surface area (Å²) in [4.78, 5) is 23.9. The Morgan fingerprint density at radius 1 is 1.33 bits per heavy atom. The van der Waals surface area contributed by atoms with Crippen LogP contribution in [0.2, 0.25) is 0 Å². The Morgan fingerprint density at radius 2 is 2.05 bits per heavy atom. The number of hydrogen-bond donors (Lipinski definition) is 3. The molecule has 0 atom stereocenters. The average molecular weight is 288 g/mol. The highest BCUT2D eigenvalue weighted by Gasteiger charge is 2.25. The van der Waals surface area contributed by atoms with Crippen LogP contribution >= 0.6 is 0 Å². The Kier molecular flexibility index (Phi) is 3.97. The Hall–Kier alpha value is -2.37. The number of aromatic amines is 1. The van der Waals surface area contributed by atoms with Crippen molar-refractivity contribution in [2.45, 2.75) is 27.2 Å². The summed E-state index contributed by atoms with van der Waals surface area (Å²) < 4.78 is 0. The zero-order chi connectivity index (χ0) is 15.6. The lowest BCUT2D eigenvalue weighted by molar-refractivity contribution is -0.124. The third kappa shape index (κ3) is 2.89. The number of carbonyl (C=O) groups excluding carboxylic acids is 2. The molecule has 0 spiro atoms. The van der Waals surface area contributed by atoms with Crippen LogP contribution in [0.3, 0.4) is 0 Å². The first-order valence-electron chi connectivity index (χ1n) is 6.90. The predicted octanol–water partition coefficient (Wildman–Crippen LogP) is 2.30. The molecular weight excluding hydrogens is 268 g/mol. The summed E-state index contributed by atoms with van der Waals surface area (Å²) in [5, 5.41) is 12.9. The van der Waals surface area contributed by atoms with Crippen LogP contribution in [0.5, 0.6) is 0 Å². The highest BCUT2D eigenvalue weighted by molar-refractivity contribution is 6.06. The van der Waals surface area contributed by atoms with E-state index in [4.69, 9.17) is 0 Å². The number of hydrogen-bond acceptors (Lipinski definition) is 3. The standard InChI is InChI=1S/C15H20N4O2/c1-5-15(2,3)14(21)17-9-6-7-11-10(8-9)12(19-18-11)13(20)16-4/h6-8H,5H2,1-4H3,(H,16,20)(H,17,21)(H,18,19). The first kappa shape index (κ1) is 15.0. The van der Waals surface area contributed by atoms with Gasteiger partial charge in [0.2, 0.25) is 5.91 Å². The summed E-state index contributed by atoms with van der Waals surface area (Å²) >= 11 is 0. The van der Waals surface area contributed by atoms with E-state index in [1.807, 2.05) is 20.8 Å². The molecule has 6 nitrogen and oxygen atoms in total. The van der Waals surface area contributed by atoms with E-state index in [-0.39, 0.29) is 11.8 Å². The molecule has 0 saturated heterocycles. The Labute approximate surface area is 123 Å². The molecule has 6 heteroatoms. The van der Waals surface area contributed by atoms with E-state index in [1.54, 1.807) is 25.2 Å². The van der Waals surface area contributed by atoms with Crippen molar-refractivity contribution >= 4 is 28.4 Å². The Balaban J connectivity index is 2.34. The lowest BCUT2D eigenvalue weighted by Gasteiger charge is -2.21. The number of nitrogens with one attached hydrogen (secondary N) is 3. The number of H-pyrrole nitrogens is 1. The van der Waals surface area contributed by atoms with Crippen LogP contribution in [-0.2, 0) is 4.79 Å². The summed E-state index contributed by atoms with van der Waals surface area (Å²) in [6.07, 6.45) is 0.746. The number of anilines is 1. The third-order valence-electron chi connectivity index (χ3n) is 3.76. The molecular formula is C15H20N4O2. The van der Waals surface area contributed by atoms with Crippen LogP contribution < -0.4 is 10.6 Å². The van der Waals surface area contributed by atoms with Gasteiger partial charge in [-0.15, -0.1) is 0 Å². The molecule has 0 aliphatic carbocycles. The molecule has 1 aromatic heterocycles. The second kappa shape index (κ2) is 5.55. The van der Waals surface area contributed by atoms with Gasteiger partial charge in [-0.25, -0.2) is 0 Å². The molecule has 112 valence electrons. The maximum Gasteiger partial charge on any atom is 0.272 e. The molecule has 0 unspecified atom stereocenters. The van der Waals surface area contributed by atoms with Gasteiger partial charge < -0.3 is 10.6 Å². The molecule has 21 heavy (non-hydrogen) atoms. The van der Waals surface area contributed by atoms with Crippen molar-refractivity contribution in [3.05, 3.63) is 23.9 Å². The summed E-state index contributed by atoms with van der Waals surface area (Å²) in [5.74, 6) is -0.312. The van der Waals surface area contributed by atoms with Crippen molar-refractivity contribution in [1.82, 2.24) is 15.5 Å². The molecule has 1 heterocycles. The first-order valence-corrected chi connectivity index (χ1v) is 6.90. The van der Waals surface area contributed by atoms with Gasteiger partial charge in [0.05, 0.1) is 5.52 Å². The Bertz CT molecular complexity index is 688. The highest BCUT2D eigenvalue weighted by Crippen LogP contribution is 2.25. The van der Waals surface area contributed by atoms with E-state index in [9.17, 15) is 9.59 Å². The lowest BCUT2D eigenvalue weighted by atomic mass is 9.89. The fourth-order valence-electron chi connectivity index (χ4n) is 1.84. The van der Waals surface area contributed by atoms with Crippen LogP contribution in [0.15, 0.2) is 18.2 Å². The van der Waals surface area contributed by atoms with Gasteiger partial charge in [0.25, 0.3) is 5.91 Å². The molecule has 2 aromatic rings. The molecule has 0 aliphatic rings. The minimum absolute atomic E-state index is 0.0469. The zero-order valence-corrected chi connectivity index (χ0v) is 12.7. The van der Waals surface area contributed by atoms with E-state index in [0.717, 1.165) is 11.9 Å². The molecule has 3 N–H and O–H groups in total. The first-order chi connectivity index (χ1) is 9.89. The fraction of sp³-hybridized carbons (Fsp3) is 0.400. The van der Waals surface area contributed by atoms with Crippen LogP contribution in [0.25, 0.3) is 10.9 Å². The van der Waals surface area contributed by atoms with E-state index in [2.05, 4.69) is 20.8 Å². The minimum atomic E-state index is -0.436. The van der Waals surface area contributed by atoms with Crippen molar-refractivity contribution in [2.75, 3.05) is 12.4 Å². The van der Waals surface area contributed by atoms with E-state index >= 15 is 0 Å². The molecule has 0 saturated carbocycles. The molecule has 0 fully saturated rings. The smallest absolute Gasteiger partial charge is 0.272 e. The number of aromatic nitrogens is 2. The molecule has 1 aromatic carbocycles. The molecule has 2 amide bonds.